The average molecular weight is 250 g/mol. The molecule has 0 amide bonds. The van der Waals surface area contributed by atoms with E-state index in [2.05, 4.69) is 10.2 Å². The van der Waals surface area contributed by atoms with Crippen LogP contribution in [0.1, 0.15) is 25.7 Å². The fourth-order valence-electron chi connectivity index (χ4n) is 3.02. The van der Waals surface area contributed by atoms with Gasteiger partial charge in [-0.2, -0.15) is 0 Å². The Morgan fingerprint density at radius 3 is 2.72 bits per heavy atom. The normalized spacial score (nSPS) is 23.9. The van der Waals surface area contributed by atoms with E-state index in [9.17, 15) is 4.39 Å². The van der Waals surface area contributed by atoms with Crippen LogP contribution < -0.4 is 10.2 Å². The molecule has 1 aromatic rings. The molecule has 0 heterocycles. The van der Waals surface area contributed by atoms with Gasteiger partial charge < -0.3 is 10.2 Å². The fourth-order valence-corrected chi connectivity index (χ4v) is 3.02. The highest BCUT2D eigenvalue weighted by atomic mass is 19.1. The summed E-state index contributed by atoms with van der Waals surface area (Å²) in [6.07, 6.45) is 5.09. The summed E-state index contributed by atoms with van der Waals surface area (Å²) >= 11 is 0. The zero-order valence-electron chi connectivity index (χ0n) is 11.3. The Kier molecular flexibility index (Phi) is 4.59. The second-order valence-corrected chi connectivity index (χ2v) is 5.27. The van der Waals surface area contributed by atoms with Gasteiger partial charge >= 0.3 is 0 Å². The Balaban J connectivity index is 2.02. The van der Waals surface area contributed by atoms with Gasteiger partial charge in [0.2, 0.25) is 0 Å². The zero-order chi connectivity index (χ0) is 13.0. The summed E-state index contributed by atoms with van der Waals surface area (Å²) in [7, 11) is 4.02. The molecule has 0 bridgehead atoms. The predicted molar refractivity (Wildman–Crippen MR) is 74.5 cm³/mol. The zero-order valence-corrected chi connectivity index (χ0v) is 11.3. The molecule has 2 nitrogen and oxygen atoms in total. The number of nitrogens with zero attached hydrogens (tertiary/aromatic N) is 1. The molecule has 0 spiro atoms. The average Bonchev–Trinajstić information content (AvgIpc) is 2.39. The van der Waals surface area contributed by atoms with E-state index in [1.165, 1.54) is 31.7 Å². The van der Waals surface area contributed by atoms with Crippen LogP contribution in [0, 0.1) is 11.7 Å². The number of benzene rings is 1. The molecule has 1 aromatic carbocycles. The maximum atomic E-state index is 13.7. The summed E-state index contributed by atoms with van der Waals surface area (Å²) < 4.78 is 13.7. The molecule has 1 fully saturated rings. The third kappa shape index (κ3) is 3.02. The number of rotatable bonds is 4. The first-order valence-corrected chi connectivity index (χ1v) is 6.85. The van der Waals surface area contributed by atoms with Gasteiger partial charge in [0.15, 0.2) is 0 Å². The molecule has 2 unspecified atom stereocenters. The molecule has 1 aliphatic rings. The maximum absolute atomic E-state index is 13.7. The van der Waals surface area contributed by atoms with E-state index in [0.29, 0.717) is 17.6 Å². The second-order valence-electron chi connectivity index (χ2n) is 5.27. The molecule has 0 radical (unpaired) electrons. The van der Waals surface area contributed by atoms with Crippen molar-refractivity contribution < 1.29 is 4.39 Å². The predicted octanol–water partition coefficient (Wildman–Crippen LogP) is 3.04. The van der Waals surface area contributed by atoms with Crippen molar-refractivity contribution in [3.05, 3.63) is 30.1 Å². The summed E-state index contributed by atoms with van der Waals surface area (Å²) in [4.78, 5) is 2.05. The van der Waals surface area contributed by atoms with Crippen molar-refractivity contribution in [2.24, 2.45) is 5.92 Å². The highest BCUT2D eigenvalue weighted by Crippen LogP contribution is 2.27. The molecule has 0 aliphatic heterocycles. The Morgan fingerprint density at radius 2 is 2.00 bits per heavy atom. The Hall–Kier alpha value is -1.09. The lowest BCUT2D eigenvalue weighted by atomic mass is 9.84. The first-order chi connectivity index (χ1) is 8.72. The van der Waals surface area contributed by atoms with Gasteiger partial charge in [0, 0.05) is 19.6 Å². The van der Waals surface area contributed by atoms with E-state index in [1.54, 1.807) is 6.07 Å². The van der Waals surface area contributed by atoms with Crippen LogP contribution in [-0.4, -0.2) is 26.7 Å². The van der Waals surface area contributed by atoms with Gasteiger partial charge in [-0.25, -0.2) is 4.39 Å². The van der Waals surface area contributed by atoms with Gasteiger partial charge in [0.05, 0.1) is 5.69 Å². The lowest BCUT2D eigenvalue weighted by molar-refractivity contribution is 0.278. The lowest BCUT2D eigenvalue weighted by Crippen LogP contribution is -2.42. The molecule has 2 atom stereocenters. The van der Waals surface area contributed by atoms with Crippen molar-refractivity contribution >= 4 is 5.69 Å². The molecule has 2 rings (SSSR count). The summed E-state index contributed by atoms with van der Waals surface area (Å²) in [5, 5.41) is 3.41. The van der Waals surface area contributed by atoms with E-state index in [1.807, 2.05) is 26.2 Å². The standard InChI is InChI=1S/C15H23FN2/c1-17-14-9-5-3-7-12(14)11-18(2)15-10-6-4-8-13(15)16/h4,6,8,10,12,14,17H,3,5,7,9,11H2,1-2H3. The number of anilines is 1. The van der Waals surface area contributed by atoms with Gasteiger partial charge in [-0.1, -0.05) is 25.0 Å². The summed E-state index contributed by atoms with van der Waals surface area (Å²) in [6, 6.07) is 7.59. The first-order valence-electron chi connectivity index (χ1n) is 6.85. The largest absolute Gasteiger partial charge is 0.372 e. The number of halogens is 1. The van der Waals surface area contributed by atoms with E-state index in [0.717, 1.165) is 6.54 Å². The highest BCUT2D eigenvalue weighted by molar-refractivity contribution is 5.46. The van der Waals surface area contributed by atoms with Crippen LogP contribution in [0.3, 0.4) is 0 Å². The molecule has 1 N–H and O–H groups in total. The third-order valence-electron chi connectivity index (χ3n) is 4.05. The van der Waals surface area contributed by atoms with Crippen molar-refractivity contribution in [3.8, 4) is 0 Å². The van der Waals surface area contributed by atoms with Gasteiger partial charge in [0.1, 0.15) is 5.82 Å². The minimum absolute atomic E-state index is 0.128. The minimum Gasteiger partial charge on any atom is -0.372 e. The highest BCUT2D eigenvalue weighted by Gasteiger charge is 2.25. The summed E-state index contributed by atoms with van der Waals surface area (Å²) in [5.74, 6) is 0.491. The van der Waals surface area contributed by atoms with Crippen LogP contribution in [0.5, 0.6) is 0 Å². The molecular formula is C15H23FN2. The molecular weight excluding hydrogens is 227 g/mol. The topological polar surface area (TPSA) is 15.3 Å². The molecule has 0 saturated heterocycles. The van der Waals surface area contributed by atoms with Crippen LogP contribution in [0.25, 0.3) is 0 Å². The van der Waals surface area contributed by atoms with E-state index < -0.39 is 0 Å². The molecule has 0 aromatic heterocycles. The SMILES string of the molecule is CNC1CCCCC1CN(C)c1ccccc1F. The van der Waals surface area contributed by atoms with Crippen LogP contribution in [0.4, 0.5) is 10.1 Å². The van der Waals surface area contributed by atoms with Gasteiger partial charge in [0.25, 0.3) is 0 Å². The van der Waals surface area contributed by atoms with Gasteiger partial charge in [-0.05, 0) is 37.9 Å². The van der Waals surface area contributed by atoms with Crippen molar-refractivity contribution in [3.63, 3.8) is 0 Å². The second kappa shape index (κ2) is 6.19. The maximum Gasteiger partial charge on any atom is 0.146 e. The Labute approximate surface area is 109 Å². The minimum atomic E-state index is -0.128. The van der Waals surface area contributed by atoms with E-state index >= 15 is 0 Å². The van der Waals surface area contributed by atoms with E-state index in [4.69, 9.17) is 0 Å². The molecule has 100 valence electrons. The van der Waals surface area contributed by atoms with Crippen LogP contribution in [-0.2, 0) is 0 Å². The molecule has 1 aliphatic carbocycles. The molecule has 3 heteroatoms. The Bertz CT molecular complexity index is 381. The number of hydrogen-bond acceptors (Lipinski definition) is 2. The summed E-state index contributed by atoms with van der Waals surface area (Å²) in [5.41, 5.74) is 0.706. The van der Waals surface area contributed by atoms with E-state index in [-0.39, 0.29) is 5.82 Å². The van der Waals surface area contributed by atoms with Crippen molar-refractivity contribution in [1.29, 1.82) is 0 Å². The quantitative estimate of drug-likeness (QED) is 0.883. The summed E-state index contributed by atoms with van der Waals surface area (Å²) in [6.45, 7) is 0.923. The van der Waals surface area contributed by atoms with Gasteiger partial charge in [-0.3, -0.25) is 0 Å². The van der Waals surface area contributed by atoms with Crippen LogP contribution in [0.15, 0.2) is 24.3 Å². The fraction of sp³-hybridized carbons (Fsp3) is 0.600. The van der Waals surface area contributed by atoms with Crippen LogP contribution >= 0.6 is 0 Å². The first kappa shape index (κ1) is 13.3. The lowest BCUT2D eigenvalue weighted by Gasteiger charge is -2.35. The Morgan fingerprint density at radius 1 is 1.28 bits per heavy atom. The van der Waals surface area contributed by atoms with Crippen molar-refractivity contribution in [2.75, 3.05) is 25.5 Å². The molecule has 1 saturated carbocycles. The number of hydrogen-bond donors (Lipinski definition) is 1. The van der Waals surface area contributed by atoms with Crippen molar-refractivity contribution in [1.82, 2.24) is 5.32 Å². The van der Waals surface area contributed by atoms with Crippen molar-refractivity contribution in [2.45, 2.75) is 31.7 Å². The monoisotopic (exact) mass is 250 g/mol. The number of nitrogens with one attached hydrogen (secondary N) is 1. The third-order valence-corrected chi connectivity index (χ3v) is 4.05. The van der Waals surface area contributed by atoms with Crippen LogP contribution in [0.2, 0.25) is 0 Å². The van der Waals surface area contributed by atoms with Gasteiger partial charge in [-0.15, -0.1) is 0 Å². The molecule has 18 heavy (non-hydrogen) atoms. The number of para-hydroxylation sites is 1. The smallest absolute Gasteiger partial charge is 0.146 e.